The first-order chi connectivity index (χ1) is 16.9. The molecule has 2 aliphatic heterocycles. The Morgan fingerprint density at radius 2 is 2.09 bits per heavy atom. The molecule has 178 valence electrons. The summed E-state index contributed by atoms with van der Waals surface area (Å²) in [5.41, 5.74) is 6.55. The Bertz CT molecular complexity index is 1390. The number of amides is 3. The number of aromatic amines is 1. The summed E-state index contributed by atoms with van der Waals surface area (Å²) in [5, 5.41) is 13.8. The third-order valence-electron chi connectivity index (χ3n) is 7.22. The largest absolute Gasteiger partial charge is 0.496 e. The molecule has 0 spiro atoms. The Morgan fingerprint density at radius 3 is 2.77 bits per heavy atom. The van der Waals surface area contributed by atoms with E-state index in [1.165, 1.54) is 4.90 Å². The number of primary amides is 1. The molecule has 0 saturated carbocycles. The van der Waals surface area contributed by atoms with Crippen molar-refractivity contribution in [1.82, 2.24) is 15.2 Å². The normalized spacial score (nSPS) is 21.9. The maximum atomic E-state index is 14.0. The van der Waals surface area contributed by atoms with Crippen LogP contribution < -0.4 is 15.8 Å². The van der Waals surface area contributed by atoms with Crippen LogP contribution in [-0.4, -0.2) is 41.3 Å². The van der Waals surface area contributed by atoms with Crippen molar-refractivity contribution in [1.29, 1.82) is 5.26 Å². The lowest BCUT2D eigenvalue weighted by Gasteiger charge is -2.40. The van der Waals surface area contributed by atoms with Gasteiger partial charge in [-0.25, -0.2) is 0 Å². The maximum Gasteiger partial charge on any atom is 0.271 e. The highest BCUT2D eigenvalue weighted by Gasteiger charge is 2.58. The third kappa shape index (κ3) is 3.33. The molecule has 1 fully saturated rings. The monoisotopic (exact) mass is 471 g/mol. The smallest absolute Gasteiger partial charge is 0.271 e. The first-order valence-electron chi connectivity index (χ1n) is 11.4. The number of rotatable bonds is 6. The number of benzene rings is 2. The van der Waals surface area contributed by atoms with Crippen LogP contribution in [0, 0.1) is 23.2 Å². The van der Waals surface area contributed by atoms with Crippen LogP contribution in [-0.2, 0) is 21.7 Å². The molecule has 1 unspecified atom stereocenters. The SMILES string of the molecule is COc1cccc2[nH]c(C(=O)N3Cc4ccccc4C3(C(N)=O)[C@@H](C#N)C[C@H]3CCNC3=O)cc12. The molecule has 0 aliphatic carbocycles. The number of ether oxygens (including phenoxy) is 1. The molecule has 3 atom stereocenters. The van der Waals surface area contributed by atoms with Gasteiger partial charge in [-0.15, -0.1) is 0 Å². The average Bonchev–Trinajstić information content (AvgIpc) is 3.57. The molecular weight excluding hydrogens is 446 g/mol. The Kier molecular flexibility index (Phi) is 5.44. The molecule has 3 amide bonds. The van der Waals surface area contributed by atoms with Crippen LogP contribution in [0.25, 0.3) is 10.9 Å². The van der Waals surface area contributed by atoms with Gasteiger partial charge in [-0.05, 0) is 42.2 Å². The van der Waals surface area contributed by atoms with Crippen molar-refractivity contribution in [3.05, 3.63) is 65.4 Å². The van der Waals surface area contributed by atoms with Crippen molar-refractivity contribution >= 4 is 28.6 Å². The van der Waals surface area contributed by atoms with Gasteiger partial charge in [0, 0.05) is 29.9 Å². The highest BCUT2D eigenvalue weighted by atomic mass is 16.5. The van der Waals surface area contributed by atoms with E-state index < -0.39 is 29.2 Å². The summed E-state index contributed by atoms with van der Waals surface area (Å²) in [7, 11) is 1.55. The van der Waals surface area contributed by atoms with Crippen molar-refractivity contribution in [2.24, 2.45) is 17.6 Å². The molecule has 9 heteroatoms. The minimum atomic E-state index is -1.72. The van der Waals surface area contributed by atoms with Crippen LogP contribution >= 0.6 is 0 Å². The second-order valence-electron chi connectivity index (χ2n) is 8.98. The van der Waals surface area contributed by atoms with Crippen LogP contribution in [0.15, 0.2) is 48.5 Å². The number of H-pyrrole nitrogens is 1. The Hall–Kier alpha value is -4.32. The zero-order valence-corrected chi connectivity index (χ0v) is 19.2. The number of aromatic nitrogens is 1. The van der Waals surface area contributed by atoms with Gasteiger partial charge in [0.05, 0.1) is 19.1 Å². The summed E-state index contributed by atoms with van der Waals surface area (Å²) < 4.78 is 5.42. The quantitative estimate of drug-likeness (QED) is 0.505. The van der Waals surface area contributed by atoms with E-state index in [1.54, 1.807) is 31.4 Å². The zero-order valence-electron chi connectivity index (χ0n) is 19.2. The summed E-state index contributed by atoms with van der Waals surface area (Å²) in [4.78, 5) is 44.1. The van der Waals surface area contributed by atoms with E-state index in [-0.39, 0.29) is 24.6 Å². The number of methoxy groups -OCH3 is 1. The van der Waals surface area contributed by atoms with Gasteiger partial charge in [0.15, 0.2) is 5.54 Å². The predicted molar refractivity (Wildman–Crippen MR) is 127 cm³/mol. The summed E-state index contributed by atoms with van der Waals surface area (Å²) in [6.07, 6.45) is 0.674. The summed E-state index contributed by atoms with van der Waals surface area (Å²) in [6.45, 7) is 0.626. The van der Waals surface area contributed by atoms with Gasteiger partial charge in [0.1, 0.15) is 11.4 Å². The lowest BCUT2D eigenvalue weighted by Crippen LogP contribution is -2.58. The maximum absolute atomic E-state index is 14.0. The molecule has 2 aliphatic rings. The number of hydrogen-bond donors (Lipinski definition) is 3. The first-order valence-corrected chi connectivity index (χ1v) is 11.4. The fraction of sp³-hybridized carbons (Fsp3) is 0.308. The fourth-order valence-electron chi connectivity index (χ4n) is 5.55. The van der Waals surface area contributed by atoms with Crippen molar-refractivity contribution in [3.8, 4) is 11.8 Å². The van der Waals surface area contributed by atoms with Crippen LogP contribution in [0.5, 0.6) is 5.75 Å². The topological polar surface area (TPSA) is 141 Å². The number of hydrogen-bond acceptors (Lipinski definition) is 5. The molecule has 0 bridgehead atoms. The standard InChI is InChI=1S/C26H25N5O4/c1-35-22-8-4-7-20-18(22)12-21(30-20)24(33)31-14-16-5-2-3-6-19(16)26(31,25(28)34)17(13-27)11-15-9-10-29-23(15)32/h2-8,12,15,17,30H,9-11,14H2,1H3,(H2,28,34)(H,29,32)/t15-,17-,26?/m1/s1. The summed E-state index contributed by atoms with van der Waals surface area (Å²) >= 11 is 0. The van der Waals surface area contributed by atoms with Gasteiger partial charge in [-0.2, -0.15) is 5.26 Å². The lowest BCUT2D eigenvalue weighted by atomic mass is 9.73. The van der Waals surface area contributed by atoms with E-state index in [1.807, 2.05) is 24.3 Å². The van der Waals surface area contributed by atoms with Crippen molar-refractivity contribution in [3.63, 3.8) is 0 Å². The number of nitrogens with one attached hydrogen (secondary N) is 2. The van der Waals surface area contributed by atoms with Crippen LogP contribution in [0.3, 0.4) is 0 Å². The molecular formula is C26H25N5O4. The Balaban J connectivity index is 1.64. The molecule has 1 saturated heterocycles. The first kappa shape index (κ1) is 22.5. The molecule has 0 radical (unpaired) electrons. The summed E-state index contributed by atoms with van der Waals surface area (Å²) in [5.74, 6) is -2.26. The van der Waals surface area contributed by atoms with E-state index in [9.17, 15) is 19.6 Å². The van der Waals surface area contributed by atoms with Crippen LogP contribution in [0.2, 0.25) is 0 Å². The molecule has 2 aromatic carbocycles. The Morgan fingerprint density at radius 1 is 1.29 bits per heavy atom. The molecule has 3 aromatic rings. The number of carbonyl (C=O) groups is 3. The van der Waals surface area contributed by atoms with Crippen molar-refractivity contribution in [2.45, 2.75) is 24.9 Å². The number of nitriles is 1. The summed E-state index contributed by atoms with van der Waals surface area (Å²) in [6, 6.07) is 16.5. The van der Waals surface area contributed by atoms with Crippen LogP contribution in [0.4, 0.5) is 0 Å². The molecule has 3 heterocycles. The molecule has 4 N–H and O–H groups in total. The van der Waals surface area contributed by atoms with Gasteiger partial charge in [0.2, 0.25) is 11.8 Å². The van der Waals surface area contributed by atoms with E-state index in [2.05, 4.69) is 16.4 Å². The minimum absolute atomic E-state index is 0.111. The van der Waals surface area contributed by atoms with E-state index >= 15 is 0 Å². The van der Waals surface area contributed by atoms with E-state index in [0.717, 1.165) is 10.9 Å². The molecule has 35 heavy (non-hydrogen) atoms. The predicted octanol–water partition coefficient (Wildman–Crippen LogP) is 2.18. The lowest BCUT2D eigenvalue weighted by molar-refractivity contribution is -0.132. The number of nitrogens with two attached hydrogens (primary N) is 1. The number of fused-ring (bicyclic) bond motifs is 2. The van der Waals surface area contributed by atoms with Crippen LogP contribution in [0.1, 0.15) is 34.5 Å². The van der Waals surface area contributed by atoms with Gasteiger partial charge in [0.25, 0.3) is 5.91 Å². The van der Waals surface area contributed by atoms with E-state index in [0.29, 0.717) is 29.8 Å². The molecule has 1 aromatic heterocycles. The molecule has 5 rings (SSSR count). The molecule has 9 nitrogen and oxygen atoms in total. The van der Waals surface area contributed by atoms with Crippen molar-refractivity contribution in [2.75, 3.05) is 13.7 Å². The van der Waals surface area contributed by atoms with Crippen molar-refractivity contribution < 1.29 is 19.1 Å². The van der Waals surface area contributed by atoms with Gasteiger partial charge < -0.3 is 25.7 Å². The van der Waals surface area contributed by atoms with Gasteiger partial charge in [-0.1, -0.05) is 30.3 Å². The number of carbonyl (C=O) groups excluding carboxylic acids is 3. The minimum Gasteiger partial charge on any atom is -0.496 e. The Labute approximate surface area is 201 Å². The third-order valence-corrected chi connectivity index (χ3v) is 7.22. The fourth-order valence-corrected chi connectivity index (χ4v) is 5.55. The average molecular weight is 472 g/mol. The van der Waals surface area contributed by atoms with Gasteiger partial charge in [-0.3, -0.25) is 14.4 Å². The second kappa shape index (κ2) is 8.47. The highest BCUT2D eigenvalue weighted by Crippen LogP contribution is 2.47. The zero-order chi connectivity index (χ0) is 24.7. The van der Waals surface area contributed by atoms with Gasteiger partial charge >= 0.3 is 0 Å². The van der Waals surface area contributed by atoms with E-state index in [4.69, 9.17) is 10.5 Å². The highest BCUT2D eigenvalue weighted by molar-refractivity contribution is 6.03. The number of nitrogens with zero attached hydrogens (tertiary/aromatic N) is 2. The second-order valence-corrected chi connectivity index (χ2v) is 8.98.